The maximum absolute atomic E-state index is 9.83. The second-order valence-corrected chi connectivity index (χ2v) is 5.14. The highest BCUT2D eigenvalue weighted by Gasteiger charge is 2.10. The third kappa shape index (κ3) is 2.31. The third-order valence-corrected chi connectivity index (χ3v) is 3.77. The van der Waals surface area contributed by atoms with E-state index in [1.54, 1.807) is 30.3 Å². The molecule has 0 saturated heterocycles. The van der Waals surface area contributed by atoms with E-state index in [0.29, 0.717) is 11.3 Å². The van der Waals surface area contributed by atoms with E-state index in [2.05, 4.69) is 4.98 Å². The van der Waals surface area contributed by atoms with Gasteiger partial charge in [0.25, 0.3) is 0 Å². The first-order valence-electron chi connectivity index (χ1n) is 5.91. The Morgan fingerprint density at radius 3 is 2.25 bits per heavy atom. The van der Waals surface area contributed by atoms with Crippen molar-refractivity contribution in [3.63, 3.8) is 0 Å². The van der Waals surface area contributed by atoms with Crippen molar-refractivity contribution in [2.24, 2.45) is 0 Å². The van der Waals surface area contributed by atoms with E-state index in [4.69, 9.17) is 0 Å². The van der Waals surface area contributed by atoms with Crippen molar-refractivity contribution in [2.75, 3.05) is 0 Å². The number of nitrogens with zero attached hydrogens (tertiary/aromatic N) is 1. The van der Waals surface area contributed by atoms with Crippen molar-refractivity contribution in [2.45, 2.75) is 0 Å². The number of benzene rings is 2. The summed E-state index contributed by atoms with van der Waals surface area (Å²) in [5, 5.41) is 31.0. The second kappa shape index (κ2) is 4.86. The van der Waals surface area contributed by atoms with Crippen molar-refractivity contribution >= 4 is 11.3 Å². The lowest BCUT2D eigenvalue weighted by molar-refractivity contribution is 0.452. The maximum Gasteiger partial charge on any atom is 0.128 e. The molecule has 5 heteroatoms. The topological polar surface area (TPSA) is 73.6 Å². The highest BCUT2D eigenvalue weighted by molar-refractivity contribution is 7.13. The van der Waals surface area contributed by atoms with Gasteiger partial charge < -0.3 is 15.3 Å². The monoisotopic (exact) mass is 285 g/mol. The molecule has 2 aromatic carbocycles. The number of hydrogen-bond acceptors (Lipinski definition) is 5. The number of aromatic nitrogens is 1. The number of hydrogen-bond donors (Lipinski definition) is 3. The van der Waals surface area contributed by atoms with Gasteiger partial charge in [0.05, 0.1) is 5.69 Å². The quantitative estimate of drug-likeness (QED) is 0.672. The van der Waals surface area contributed by atoms with Crippen LogP contribution in [0.5, 0.6) is 17.2 Å². The van der Waals surface area contributed by atoms with Crippen LogP contribution < -0.4 is 0 Å². The molecule has 3 N–H and O–H groups in total. The predicted octanol–water partition coefficient (Wildman–Crippen LogP) is 3.59. The predicted molar refractivity (Wildman–Crippen MR) is 78.0 cm³/mol. The van der Waals surface area contributed by atoms with Crippen molar-refractivity contribution < 1.29 is 15.3 Å². The molecular weight excluding hydrogens is 274 g/mol. The molecule has 3 aromatic rings. The van der Waals surface area contributed by atoms with E-state index in [9.17, 15) is 15.3 Å². The Hall–Kier alpha value is -2.53. The van der Waals surface area contributed by atoms with Gasteiger partial charge in [-0.2, -0.15) is 0 Å². The van der Waals surface area contributed by atoms with E-state index in [-0.39, 0.29) is 17.2 Å². The average Bonchev–Trinajstić information content (AvgIpc) is 2.89. The normalized spacial score (nSPS) is 10.6. The summed E-state index contributed by atoms with van der Waals surface area (Å²) < 4.78 is 0. The molecule has 1 heterocycles. The highest BCUT2D eigenvalue weighted by Crippen LogP contribution is 2.35. The van der Waals surface area contributed by atoms with Crippen LogP contribution in [0.2, 0.25) is 0 Å². The van der Waals surface area contributed by atoms with Crippen LogP contribution in [0.3, 0.4) is 0 Å². The van der Waals surface area contributed by atoms with Crippen LogP contribution >= 0.6 is 11.3 Å². The standard InChI is InChI=1S/C15H11NO3S/c17-10-3-1-9(2-4-10)15-16-13(8-20-15)12-6-5-11(18)7-14(12)19/h1-8,17-19H. The van der Waals surface area contributed by atoms with Crippen LogP contribution in [-0.2, 0) is 0 Å². The number of phenols is 3. The molecule has 0 unspecified atom stereocenters. The van der Waals surface area contributed by atoms with Crippen LogP contribution in [0, 0.1) is 0 Å². The smallest absolute Gasteiger partial charge is 0.128 e. The van der Waals surface area contributed by atoms with Crippen LogP contribution in [0.1, 0.15) is 0 Å². The molecule has 100 valence electrons. The minimum atomic E-state index is -0.00689. The summed E-state index contributed by atoms with van der Waals surface area (Å²) in [4.78, 5) is 4.47. The van der Waals surface area contributed by atoms with Gasteiger partial charge in [0, 0.05) is 22.6 Å². The van der Waals surface area contributed by atoms with Crippen LogP contribution in [0.15, 0.2) is 47.8 Å². The van der Waals surface area contributed by atoms with Gasteiger partial charge in [-0.3, -0.25) is 0 Å². The lowest BCUT2D eigenvalue weighted by Crippen LogP contribution is -1.80. The van der Waals surface area contributed by atoms with Crippen molar-refractivity contribution in [3.05, 3.63) is 47.8 Å². The molecule has 4 nitrogen and oxygen atoms in total. The Labute approximate surface area is 119 Å². The fraction of sp³-hybridized carbons (Fsp3) is 0. The van der Waals surface area contributed by atoms with Crippen molar-refractivity contribution in [1.29, 1.82) is 0 Å². The molecule has 3 rings (SSSR count). The number of thiazole rings is 1. The van der Waals surface area contributed by atoms with Gasteiger partial charge in [-0.05, 0) is 36.4 Å². The molecule has 0 bridgehead atoms. The Morgan fingerprint density at radius 2 is 1.55 bits per heavy atom. The van der Waals surface area contributed by atoms with Crippen molar-refractivity contribution in [3.8, 4) is 39.1 Å². The molecular formula is C15H11NO3S. The molecule has 0 saturated carbocycles. The maximum atomic E-state index is 9.83. The van der Waals surface area contributed by atoms with E-state index < -0.39 is 0 Å². The molecule has 20 heavy (non-hydrogen) atoms. The summed E-state index contributed by atoms with van der Waals surface area (Å²) in [6, 6.07) is 11.2. The molecule has 0 atom stereocenters. The van der Waals surface area contributed by atoms with Gasteiger partial charge in [-0.1, -0.05) is 0 Å². The zero-order valence-electron chi connectivity index (χ0n) is 10.3. The summed E-state index contributed by atoms with van der Waals surface area (Å²) >= 11 is 1.45. The Morgan fingerprint density at radius 1 is 0.850 bits per heavy atom. The van der Waals surface area contributed by atoms with Crippen LogP contribution in [-0.4, -0.2) is 20.3 Å². The van der Waals surface area contributed by atoms with E-state index in [0.717, 1.165) is 10.6 Å². The van der Waals surface area contributed by atoms with Crippen LogP contribution in [0.25, 0.3) is 21.8 Å². The third-order valence-electron chi connectivity index (χ3n) is 2.88. The largest absolute Gasteiger partial charge is 0.508 e. The SMILES string of the molecule is Oc1ccc(-c2nc(-c3ccc(O)cc3O)cs2)cc1. The molecule has 0 aliphatic heterocycles. The summed E-state index contributed by atoms with van der Waals surface area (Å²) in [6.07, 6.45) is 0. The van der Waals surface area contributed by atoms with E-state index >= 15 is 0 Å². The molecule has 0 fully saturated rings. The van der Waals surface area contributed by atoms with E-state index in [1.807, 2.05) is 5.38 Å². The molecule has 0 spiro atoms. The highest BCUT2D eigenvalue weighted by atomic mass is 32.1. The summed E-state index contributed by atoms with van der Waals surface area (Å²) in [5.41, 5.74) is 2.12. The minimum Gasteiger partial charge on any atom is -0.508 e. The number of phenolic OH excluding ortho intramolecular Hbond substituents is 3. The molecule has 0 amide bonds. The summed E-state index contributed by atoms with van der Waals surface area (Å²) in [7, 11) is 0. The average molecular weight is 285 g/mol. The molecule has 1 aromatic heterocycles. The first kappa shape index (κ1) is 12.5. The Kier molecular flexibility index (Phi) is 3.04. The first-order valence-corrected chi connectivity index (χ1v) is 6.79. The lowest BCUT2D eigenvalue weighted by Gasteiger charge is -2.01. The fourth-order valence-electron chi connectivity index (χ4n) is 1.87. The zero-order chi connectivity index (χ0) is 14.1. The molecule has 0 aliphatic rings. The lowest BCUT2D eigenvalue weighted by atomic mass is 10.1. The van der Waals surface area contributed by atoms with Gasteiger partial charge >= 0.3 is 0 Å². The second-order valence-electron chi connectivity index (χ2n) is 4.29. The first-order chi connectivity index (χ1) is 9.63. The number of aromatic hydroxyl groups is 3. The molecule has 0 aliphatic carbocycles. The van der Waals surface area contributed by atoms with Gasteiger partial charge in [-0.15, -0.1) is 11.3 Å². The number of rotatable bonds is 2. The van der Waals surface area contributed by atoms with Gasteiger partial charge in [0.15, 0.2) is 0 Å². The minimum absolute atomic E-state index is 0.00689. The summed E-state index contributed by atoms with van der Waals surface area (Å²) in [5.74, 6) is 0.217. The molecule has 0 radical (unpaired) electrons. The fourth-order valence-corrected chi connectivity index (χ4v) is 2.70. The Balaban J connectivity index is 1.99. The van der Waals surface area contributed by atoms with E-state index in [1.165, 1.54) is 23.5 Å². The van der Waals surface area contributed by atoms with Gasteiger partial charge in [0.1, 0.15) is 22.3 Å². The van der Waals surface area contributed by atoms with Gasteiger partial charge in [-0.25, -0.2) is 4.98 Å². The van der Waals surface area contributed by atoms with Crippen LogP contribution in [0.4, 0.5) is 0 Å². The van der Waals surface area contributed by atoms with Gasteiger partial charge in [0.2, 0.25) is 0 Å². The summed E-state index contributed by atoms with van der Waals surface area (Å²) in [6.45, 7) is 0. The van der Waals surface area contributed by atoms with Crippen molar-refractivity contribution in [1.82, 2.24) is 4.98 Å². The zero-order valence-corrected chi connectivity index (χ0v) is 11.1. The Bertz CT molecular complexity index is 750.